The molecule has 3 aliphatic rings. The van der Waals surface area contributed by atoms with Gasteiger partial charge in [0.15, 0.2) is 23.5 Å². The Hall–Kier alpha value is -1.81. The van der Waals surface area contributed by atoms with Crippen molar-refractivity contribution in [2.45, 2.75) is 50.1 Å². The van der Waals surface area contributed by atoms with Gasteiger partial charge < -0.3 is 25.7 Å². The van der Waals surface area contributed by atoms with E-state index in [1.54, 1.807) is 6.33 Å². The molecule has 1 spiro atoms. The van der Waals surface area contributed by atoms with Crippen molar-refractivity contribution in [3.05, 3.63) is 12.7 Å². The van der Waals surface area contributed by atoms with E-state index in [2.05, 4.69) is 15.0 Å². The average molecular weight is 332 g/mol. The van der Waals surface area contributed by atoms with E-state index >= 15 is 0 Å². The summed E-state index contributed by atoms with van der Waals surface area (Å²) in [4.78, 5) is 12.6. The minimum Gasteiger partial charge on any atom is -0.382 e. The molecule has 9 nitrogen and oxygen atoms in total. The van der Waals surface area contributed by atoms with E-state index in [1.807, 2.05) is 18.4 Å². The fraction of sp³-hybridized carbons (Fsp3) is 0.667. The molecule has 9 heteroatoms. The third kappa shape index (κ3) is 1.75. The lowest BCUT2D eigenvalue weighted by Crippen LogP contribution is -2.34. The molecule has 0 aromatic carbocycles. The summed E-state index contributed by atoms with van der Waals surface area (Å²) >= 11 is 0. The molecule has 4 heterocycles. The molecule has 3 fully saturated rings. The molecule has 5 atom stereocenters. The van der Waals surface area contributed by atoms with E-state index < -0.39 is 5.79 Å². The summed E-state index contributed by atoms with van der Waals surface area (Å²) in [7, 11) is 0. The van der Waals surface area contributed by atoms with E-state index in [0.717, 1.165) is 6.42 Å². The fourth-order valence-corrected chi connectivity index (χ4v) is 4.11. The molecule has 2 aromatic rings. The van der Waals surface area contributed by atoms with Gasteiger partial charge in [-0.15, -0.1) is 0 Å². The van der Waals surface area contributed by atoms with E-state index in [9.17, 15) is 0 Å². The Kier molecular flexibility index (Phi) is 2.68. The zero-order chi connectivity index (χ0) is 16.7. The molecule has 2 aromatic heterocycles. The summed E-state index contributed by atoms with van der Waals surface area (Å²) in [5.41, 5.74) is 12.6. The Labute approximate surface area is 138 Å². The maximum Gasteiger partial charge on any atom is 0.167 e. The topological polar surface area (TPSA) is 123 Å². The number of rotatable bonds is 2. The number of imidazole rings is 1. The maximum atomic E-state index is 6.41. The second-order valence-electron chi connectivity index (χ2n) is 7.20. The highest BCUT2D eigenvalue weighted by Gasteiger charge is 2.73. The van der Waals surface area contributed by atoms with Crippen LogP contribution in [0.2, 0.25) is 0 Å². The quantitative estimate of drug-likeness (QED) is 0.798. The lowest BCUT2D eigenvalue weighted by molar-refractivity contribution is -0.203. The molecule has 24 heavy (non-hydrogen) atoms. The minimum absolute atomic E-state index is 0.150. The zero-order valence-electron chi connectivity index (χ0n) is 13.5. The van der Waals surface area contributed by atoms with E-state index in [-0.39, 0.29) is 30.0 Å². The Bertz CT molecular complexity index is 823. The van der Waals surface area contributed by atoms with Gasteiger partial charge in [-0.05, 0) is 26.8 Å². The van der Waals surface area contributed by atoms with Crippen molar-refractivity contribution in [3.8, 4) is 0 Å². The zero-order valence-corrected chi connectivity index (χ0v) is 13.5. The number of ether oxygens (including phenoxy) is 3. The standard InChI is InChI=1S/C15H20N6O3/c1-14(2)22-9-10(23-14)15(3-7(15)4-16)24-13(9)21-6-20-8-11(17)18-5-19-12(8)21/h5-7,9-10,13H,3-4,16H2,1-2H3,(H2,17,18,19)/t7-,9?,10+,13+,15+/m0/s1. The van der Waals surface area contributed by atoms with Crippen molar-refractivity contribution in [3.63, 3.8) is 0 Å². The second kappa shape index (κ2) is 4.42. The number of fused-ring (bicyclic) bond motifs is 3. The van der Waals surface area contributed by atoms with Gasteiger partial charge in [-0.25, -0.2) is 15.0 Å². The van der Waals surface area contributed by atoms with E-state index in [1.165, 1.54) is 6.33 Å². The Balaban J connectivity index is 1.59. The SMILES string of the molecule is CC1(C)OC2[C@H](n3cnc4c(N)ncnc43)O[C@@]3(C[C@H]3CN)[C@@H]2O1. The molecular weight excluding hydrogens is 312 g/mol. The number of anilines is 1. The largest absolute Gasteiger partial charge is 0.382 e. The van der Waals surface area contributed by atoms with Crippen molar-refractivity contribution >= 4 is 17.0 Å². The molecule has 2 saturated heterocycles. The third-order valence-corrected chi connectivity index (χ3v) is 5.27. The van der Waals surface area contributed by atoms with Crippen LogP contribution in [0.25, 0.3) is 11.2 Å². The highest BCUT2D eigenvalue weighted by atomic mass is 16.8. The second-order valence-corrected chi connectivity index (χ2v) is 7.20. The summed E-state index contributed by atoms with van der Waals surface area (Å²) < 4.78 is 20.6. The van der Waals surface area contributed by atoms with Crippen LogP contribution >= 0.6 is 0 Å². The molecule has 5 rings (SSSR count). The van der Waals surface area contributed by atoms with Gasteiger partial charge in [-0.2, -0.15) is 0 Å². The predicted octanol–water partition coefficient (Wildman–Crippen LogP) is 0.175. The summed E-state index contributed by atoms with van der Waals surface area (Å²) in [6.45, 7) is 4.41. The molecule has 0 amide bonds. The van der Waals surface area contributed by atoms with Gasteiger partial charge in [-0.1, -0.05) is 0 Å². The van der Waals surface area contributed by atoms with Crippen LogP contribution in [0.3, 0.4) is 0 Å². The first-order chi connectivity index (χ1) is 11.5. The monoisotopic (exact) mass is 332 g/mol. The smallest absolute Gasteiger partial charge is 0.167 e. The molecule has 1 unspecified atom stereocenters. The average Bonchev–Trinajstić information content (AvgIpc) is 2.78. The van der Waals surface area contributed by atoms with Crippen LogP contribution < -0.4 is 11.5 Å². The van der Waals surface area contributed by atoms with Crippen molar-refractivity contribution in [1.29, 1.82) is 0 Å². The Morgan fingerprint density at radius 1 is 1.25 bits per heavy atom. The lowest BCUT2D eigenvalue weighted by Gasteiger charge is -2.25. The fourth-order valence-electron chi connectivity index (χ4n) is 4.11. The number of hydrogen-bond acceptors (Lipinski definition) is 8. The van der Waals surface area contributed by atoms with Gasteiger partial charge in [0, 0.05) is 5.92 Å². The molecule has 1 saturated carbocycles. The van der Waals surface area contributed by atoms with Crippen LogP contribution in [0.1, 0.15) is 26.5 Å². The number of nitrogens with zero attached hydrogens (tertiary/aromatic N) is 4. The number of nitrogen functional groups attached to an aromatic ring is 1. The van der Waals surface area contributed by atoms with Gasteiger partial charge in [0.2, 0.25) is 0 Å². The molecular formula is C15H20N6O3. The minimum atomic E-state index is -0.656. The summed E-state index contributed by atoms with van der Waals surface area (Å²) in [5, 5.41) is 0. The highest BCUT2D eigenvalue weighted by molar-refractivity contribution is 5.81. The van der Waals surface area contributed by atoms with Crippen LogP contribution in [-0.4, -0.2) is 49.7 Å². The van der Waals surface area contributed by atoms with Crippen molar-refractivity contribution in [2.75, 3.05) is 12.3 Å². The molecule has 4 N–H and O–H groups in total. The number of aromatic nitrogens is 4. The number of nitrogens with two attached hydrogens (primary N) is 2. The van der Waals surface area contributed by atoms with Crippen LogP contribution in [0, 0.1) is 5.92 Å². The number of hydrogen-bond donors (Lipinski definition) is 2. The normalized spacial score (nSPS) is 39.6. The summed E-state index contributed by atoms with van der Waals surface area (Å²) in [5.74, 6) is -0.0311. The highest BCUT2D eigenvalue weighted by Crippen LogP contribution is 2.61. The van der Waals surface area contributed by atoms with Crippen LogP contribution in [0.5, 0.6) is 0 Å². The van der Waals surface area contributed by atoms with Gasteiger partial charge >= 0.3 is 0 Å². The molecule has 2 aliphatic heterocycles. The van der Waals surface area contributed by atoms with Gasteiger partial charge in [0.25, 0.3) is 0 Å². The summed E-state index contributed by atoms with van der Waals surface area (Å²) in [6.07, 6.45) is 3.20. The van der Waals surface area contributed by atoms with Crippen molar-refractivity contribution in [2.24, 2.45) is 11.7 Å². The Morgan fingerprint density at radius 2 is 2.08 bits per heavy atom. The molecule has 128 valence electrons. The molecule has 0 radical (unpaired) electrons. The first kappa shape index (κ1) is 14.5. The van der Waals surface area contributed by atoms with Crippen LogP contribution in [-0.2, 0) is 14.2 Å². The first-order valence-electron chi connectivity index (χ1n) is 8.12. The molecule has 1 aliphatic carbocycles. The van der Waals surface area contributed by atoms with Crippen LogP contribution in [0.15, 0.2) is 12.7 Å². The maximum absolute atomic E-state index is 6.41. The van der Waals surface area contributed by atoms with Crippen molar-refractivity contribution in [1.82, 2.24) is 19.5 Å². The Morgan fingerprint density at radius 3 is 2.83 bits per heavy atom. The lowest BCUT2D eigenvalue weighted by atomic mass is 10.1. The molecule has 0 bridgehead atoms. The van der Waals surface area contributed by atoms with Gasteiger partial charge in [-0.3, -0.25) is 4.57 Å². The van der Waals surface area contributed by atoms with Crippen LogP contribution in [0.4, 0.5) is 5.82 Å². The van der Waals surface area contributed by atoms with Gasteiger partial charge in [0.05, 0.1) is 6.33 Å². The predicted molar refractivity (Wildman–Crippen MR) is 83.6 cm³/mol. The van der Waals surface area contributed by atoms with E-state index in [4.69, 9.17) is 25.7 Å². The van der Waals surface area contributed by atoms with Gasteiger partial charge in [0.1, 0.15) is 29.7 Å². The van der Waals surface area contributed by atoms with E-state index in [0.29, 0.717) is 23.5 Å². The first-order valence-corrected chi connectivity index (χ1v) is 8.12. The van der Waals surface area contributed by atoms with Crippen molar-refractivity contribution < 1.29 is 14.2 Å². The third-order valence-electron chi connectivity index (χ3n) is 5.27. The summed E-state index contributed by atoms with van der Waals surface area (Å²) in [6, 6.07) is 0.